The third-order valence-electron chi connectivity index (χ3n) is 6.31. The molecule has 0 spiro atoms. The third-order valence-corrected chi connectivity index (χ3v) is 6.31. The molecule has 4 aromatic carbocycles. The van der Waals surface area contributed by atoms with Gasteiger partial charge in [0.15, 0.2) is 17.5 Å². The maximum Gasteiger partial charge on any atom is 0.432 e. The average Bonchev–Trinajstić information content (AvgIpc) is 2.90. The van der Waals surface area contributed by atoms with Crippen LogP contribution in [-0.2, 0) is 12.5 Å². The zero-order valence-corrected chi connectivity index (χ0v) is 22.2. The molecular weight excluding hydrogens is 590 g/mol. The Labute approximate surface area is 239 Å². The molecule has 0 atom stereocenters. The second-order valence-electron chi connectivity index (χ2n) is 9.47. The van der Waals surface area contributed by atoms with E-state index in [1.807, 2.05) is 6.92 Å². The van der Waals surface area contributed by atoms with Gasteiger partial charge in [0.2, 0.25) is 0 Å². The number of hydrogen-bond acceptors (Lipinski definition) is 1. The van der Waals surface area contributed by atoms with Crippen LogP contribution in [0.1, 0.15) is 48.4 Å². The number of halogens is 10. The maximum absolute atomic E-state index is 14.9. The van der Waals surface area contributed by atoms with Gasteiger partial charge >= 0.3 is 6.11 Å². The van der Waals surface area contributed by atoms with Crippen LogP contribution >= 0.6 is 0 Å². The molecule has 0 aliphatic heterocycles. The van der Waals surface area contributed by atoms with Gasteiger partial charge in [-0.1, -0.05) is 37.7 Å². The van der Waals surface area contributed by atoms with Crippen molar-refractivity contribution >= 4 is 0 Å². The number of ether oxygens (including phenoxy) is 1. The molecule has 0 aliphatic rings. The average molecular weight is 610 g/mol. The first-order valence-electron chi connectivity index (χ1n) is 12.8. The normalized spacial score (nSPS) is 11.3. The molecule has 0 saturated heterocycles. The second-order valence-corrected chi connectivity index (χ2v) is 9.47. The molecule has 0 radical (unpaired) electrons. The molecule has 0 N–H and O–H groups in total. The van der Waals surface area contributed by atoms with E-state index >= 15 is 0 Å². The molecule has 0 unspecified atom stereocenters. The van der Waals surface area contributed by atoms with Crippen molar-refractivity contribution in [1.82, 2.24) is 0 Å². The highest BCUT2D eigenvalue weighted by atomic mass is 19.3. The lowest BCUT2D eigenvalue weighted by Gasteiger charge is -2.20. The molecule has 4 rings (SSSR count). The van der Waals surface area contributed by atoms with Crippen LogP contribution in [-0.4, -0.2) is 0 Å². The van der Waals surface area contributed by atoms with Crippen molar-refractivity contribution in [1.29, 1.82) is 0 Å². The predicted molar refractivity (Wildman–Crippen MR) is 138 cm³/mol. The van der Waals surface area contributed by atoms with E-state index in [0.717, 1.165) is 24.8 Å². The van der Waals surface area contributed by atoms with Gasteiger partial charge in [-0.25, -0.2) is 35.1 Å². The van der Waals surface area contributed by atoms with Gasteiger partial charge in [-0.15, -0.1) is 0 Å². The fourth-order valence-corrected chi connectivity index (χ4v) is 4.24. The fourth-order valence-electron chi connectivity index (χ4n) is 4.24. The van der Waals surface area contributed by atoms with E-state index in [0.29, 0.717) is 18.6 Å². The summed E-state index contributed by atoms with van der Waals surface area (Å²) < 4.78 is 147. The number of aryl methyl sites for hydroxylation is 1. The smallest absolute Gasteiger partial charge is 0.429 e. The van der Waals surface area contributed by atoms with Crippen LogP contribution < -0.4 is 4.74 Å². The van der Waals surface area contributed by atoms with Crippen molar-refractivity contribution < 1.29 is 48.6 Å². The van der Waals surface area contributed by atoms with Crippen molar-refractivity contribution in [2.75, 3.05) is 0 Å². The Morgan fingerprint density at radius 3 is 1.81 bits per heavy atom. The number of hydrogen-bond donors (Lipinski definition) is 0. The van der Waals surface area contributed by atoms with E-state index < -0.39 is 75.1 Å². The summed E-state index contributed by atoms with van der Waals surface area (Å²) in [6, 6.07) is 6.32. The number of unbranched alkanes of at least 4 members (excludes halogenated alkanes) is 2. The van der Waals surface area contributed by atoms with E-state index in [4.69, 9.17) is 0 Å². The Kier molecular flexibility index (Phi) is 9.38. The molecular formula is C32H20F10O. The first-order valence-corrected chi connectivity index (χ1v) is 12.8. The standard InChI is InChI=1S/C32H20F10O/c1-2-3-4-5-17-6-8-19(22(33)10-17)9-7-18-11-23(34)29(24(35)12-18)20-13-25(36)30(26(37)14-20)32(41,42)43-21-15-27(38)31(40)28(39)16-21/h6,8,10-16H,2-5H2,1H3. The van der Waals surface area contributed by atoms with Gasteiger partial charge < -0.3 is 4.74 Å². The first-order chi connectivity index (χ1) is 20.3. The van der Waals surface area contributed by atoms with Crippen LogP contribution in [0, 0.1) is 58.4 Å². The molecule has 0 saturated carbocycles. The van der Waals surface area contributed by atoms with Crippen LogP contribution in [0.5, 0.6) is 5.75 Å². The molecule has 0 aromatic heterocycles. The predicted octanol–water partition coefficient (Wildman–Crippen LogP) is 9.73. The first kappa shape index (κ1) is 31.5. The van der Waals surface area contributed by atoms with Gasteiger partial charge in [0.05, 0.1) is 11.1 Å². The Hall–Kier alpha value is -4.46. The molecule has 4 aromatic rings. The van der Waals surface area contributed by atoms with Crippen molar-refractivity contribution in [3.05, 3.63) is 123 Å². The highest BCUT2D eigenvalue weighted by molar-refractivity contribution is 5.67. The quantitative estimate of drug-likeness (QED) is 0.0836. The van der Waals surface area contributed by atoms with Gasteiger partial charge in [-0.05, 0) is 60.4 Å². The second kappa shape index (κ2) is 12.8. The fraction of sp³-hybridized carbons (Fsp3) is 0.188. The molecule has 0 bridgehead atoms. The lowest BCUT2D eigenvalue weighted by molar-refractivity contribution is -0.189. The summed E-state index contributed by atoms with van der Waals surface area (Å²) in [7, 11) is 0. The summed E-state index contributed by atoms with van der Waals surface area (Å²) in [6.07, 6.45) is -1.33. The maximum atomic E-state index is 14.9. The Bertz CT molecular complexity index is 1670. The molecule has 11 heteroatoms. The van der Waals surface area contributed by atoms with Gasteiger partial charge in [-0.3, -0.25) is 0 Å². The SMILES string of the molecule is CCCCCc1ccc(C#Cc2cc(F)c(-c3cc(F)c(C(F)(F)Oc4cc(F)c(F)c(F)c4)c(F)c3)c(F)c2)c(F)c1. The Balaban J connectivity index is 1.60. The molecule has 43 heavy (non-hydrogen) atoms. The number of benzene rings is 4. The van der Waals surface area contributed by atoms with Gasteiger partial charge in [0.25, 0.3) is 0 Å². The van der Waals surface area contributed by atoms with Crippen LogP contribution in [0.3, 0.4) is 0 Å². The van der Waals surface area contributed by atoms with Crippen molar-refractivity contribution in [3.8, 4) is 28.7 Å². The van der Waals surface area contributed by atoms with Crippen molar-refractivity contribution in [3.63, 3.8) is 0 Å². The van der Waals surface area contributed by atoms with E-state index in [2.05, 4.69) is 16.6 Å². The van der Waals surface area contributed by atoms with Crippen molar-refractivity contribution in [2.45, 2.75) is 38.7 Å². The van der Waals surface area contributed by atoms with E-state index in [9.17, 15) is 43.9 Å². The summed E-state index contributed by atoms with van der Waals surface area (Å²) in [5, 5.41) is 0. The molecule has 0 amide bonds. The number of rotatable bonds is 8. The molecule has 0 fully saturated rings. The topological polar surface area (TPSA) is 9.23 Å². The summed E-state index contributed by atoms with van der Waals surface area (Å²) in [5.74, 6) is -9.58. The highest BCUT2D eigenvalue weighted by Crippen LogP contribution is 2.38. The Morgan fingerprint density at radius 1 is 0.651 bits per heavy atom. The van der Waals surface area contributed by atoms with Crippen LogP contribution in [0.4, 0.5) is 43.9 Å². The van der Waals surface area contributed by atoms with E-state index in [-0.39, 0.29) is 35.4 Å². The minimum atomic E-state index is -4.89. The Morgan fingerprint density at radius 2 is 1.26 bits per heavy atom. The van der Waals surface area contributed by atoms with E-state index in [1.54, 1.807) is 6.07 Å². The highest BCUT2D eigenvalue weighted by Gasteiger charge is 2.42. The zero-order valence-electron chi connectivity index (χ0n) is 22.2. The zero-order chi connectivity index (χ0) is 31.5. The third kappa shape index (κ3) is 7.13. The monoisotopic (exact) mass is 610 g/mol. The van der Waals surface area contributed by atoms with Crippen LogP contribution in [0.2, 0.25) is 0 Å². The largest absolute Gasteiger partial charge is 0.432 e. The van der Waals surface area contributed by atoms with E-state index in [1.165, 1.54) is 12.1 Å². The summed E-state index contributed by atoms with van der Waals surface area (Å²) in [4.78, 5) is 0. The van der Waals surface area contributed by atoms with Crippen LogP contribution in [0.15, 0.2) is 54.6 Å². The summed E-state index contributed by atoms with van der Waals surface area (Å²) >= 11 is 0. The lowest BCUT2D eigenvalue weighted by atomic mass is 9.99. The molecule has 224 valence electrons. The molecule has 0 heterocycles. The molecule has 0 aliphatic carbocycles. The summed E-state index contributed by atoms with van der Waals surface area (Å²) in [5.41, 5.74) is -3.34. The molecule has 1 nitrogen and oxygen atoms in total. The van der Waals surface area contributed by atoms with Gasteiger partial charge in [-0.2, -0.15) is 8.78 Å². The number of alkyl halides is 2. The minimum absolute atomic E-state index is 0.0295. The van der Waals surface area contributed by atoms with Gasteiger partial charge in [0, 0.05) is 17.7 Å². The lowest BCUT2D eigenvalue weighted by Crippen LogP contribution is -2.25. The van der Waals surface area contributed by atoms with Crippen LogP contribution in [0.25, 0.3) is 11.1 Å². The van der Waals surface area contributed by atoms with Gasteiger partial charge in [0.1, 0.15) is 40.4 Å². The minimum Gasteiger partial charge on any atom is -0.429 e. The van der Waals surface area contributed by atoms with Crippen molar-refractivity contribution in [2.24, 2.45) is 0 Å². The summed E-state index contributed by atoms with van der Waals surface area (Å²) in [6.45, 7) is 2.04.